The van der Waals surface area contributed by atoms with Crippen LogP contribution >= 0.6 is 0 Å². The third-order valence-corrected chi connectivity index (χ3v) is 13.8. The first-order valence-electron chi connectivity index (χ1n) is 17.3. The Bertz CT molecular complexity index is 1670. The van der Waals surface area contributed by atoms with Gasteiger partial charge in [0.1, 0.15) is 23.9 Å². The van der Waals surface area contributed by atoms with Crippen molar-refractivity contribution in [3.63, 3.8) is 0 Å². The summed E-state index contributed by atoms with van der Waals surface area (Å²) in [5, 5.41) is 18.5. The van der Waals surface area contributed by atoms with Gasteiger partial charge in [0, 0.05) is 6.54 Å². The highest BCUT2D eigenvalue weighted by Gasteiger charge is 2.71. The van der Waals surface area contributed by atoms with Crippen molar-refractivity contribution in [3.8, 4) is 5.75 Å². The number of phenolic OH excluding ortho intramolecular Hbond substituents is 1. The van der Waals surface area contributed by atoms with Crippen LogP contribution in [0.15, 0.2) is 29.2 Å². The maximum Gasteiger partial charge on any atom is 0.315 e. The Morgan fingerprint density at radius 2 is 1.69 bits per heavy atom. The molecule has 1 aromatic carbocycles. The molecule has 5 fully saturated rings. The van der Waals surface area contributed by atoms with Crippen molar-refractivity contribution in [1.82, 2.24) is 20.9 Å². The maximum atomic E-state index is 14.4. The second kappa shape index (κ2) is 12.0. The van der Waals surface area contributed by atoms with E-state index in [0.717, 1.165) is 12.8 Å². The minimum atomic E-state index is -3.90. The lowest BCUT2D eigenvalue weighted by Gasteiger charge is -2.40. The number of urea groups is 1. The quantitative estimate of drug-likeness (QED) is 0.215. The zero-order valence-electron chi connectivity index (χ0n) is 28.8. The van der Waals surface area contributed by atoms with Crippen LogP contribution in [-0.2, 0) is 29.0 Å². The molecular weight excluding hydrogens is 650 g/mol. The Hall–Kier alpha value is -3.68. The first kappa shape index (κ1) is 35.2. The van der Waals surface area contributed by atoms with Crippen molar-refractivity contribution < 1.29 is 37.5 Å². The van der Waals surface area contributed by atoms with Gasteiger partial charge in [-0.3, -0.25) is 19.2 Å². The van der Waals surface area contributed by atoms with E-state index in [9.17, 15) is 37.5 Å². The van der Waals surface area contributed by atoms with Gasteiger partial charge in [-0.05, 0) is 77.9 Å². The molecule has 0 radical (unpaired) electrons. The molecule has 6 N–H and O–H groups in total. The highest BCUT2D eigenvalue weighted by Crippen LogP contribution is 2.69. The van der Waals surface area contributed by atoms with Crippen LogP contribution in [0.4, 0.5) is 4.79 Å². The lowest BCUT2D eigenvalue weighted by atomic mass is 9.83. The molecule has 13 nitrogen and oxygen atoms in total. The van der Waals surface area contributed by atoms with Crippen molar-refractivity contribution >= 4 is 39.4 Å². The Labute approximate surface area is 287 Å². The fourth-order valence-electron chi connectivity index (χ4n) is 8.75. The number of piperidine rings is 1. The predicted octanol–water partition coefficient (Wildman–Crippen LogP) is 1.87. The molecule has 4 unspecified atom stereocenters. The van der Waals surface area contributed by atoms with E-state index < -0.39 is 68.5 Å². The number of hydrogen-bond acceptors (Lipinski definition) is 8. The maximum absolute atomic E-state index is 14.4. The number of aromatic hydroxyl groups is 1. The summed E-state index contributed by atoms with van der Waals surface area (Å²) in [6, 6.07) is 1.75. The highest BCUT2D eigenvalue weighted by molar-refractivity contribution is 7.91. The summed E-state index contributed by atoms with van der Waals surface area (Å²) in [6.45, 7) is 9.77. The number of phenols is 1. The van der Waals surface area contributed by atoms with Gasteiger partial charge in [0.2, 0.25) is 17.6 Å². The Morgan fingerprint density at radius 3 is 2.24 bits per heavy atom. The van der Waals surface area contributed by atoms with Crippen molar-refractivity contribution in [3.05, 3.63) is 24.3 Å². The molecule has 5 aliphatic rings. The van der Waals surface area contributed by atoms with Gasteiger partial charge in [-0.2, -0.15) is 0 Å². The van der Waals surface area contributed by atoms with Crippen LogP contribution < -0.4 is 21.7 Å². The number of carbonyl (C=O) groups excluding carboxylic acids is 5. The minimum absolute atomic E-state index is 0.0365. The van der Waals surface area contributed by atoms with E-state index in [1.807, 2.05) is 13.8 Å². The van der Waals surface area contributed by atoms with Crippen LogP contribution in [0, 0.1) is 40.4 Å². The molecule has 4 aliphatic carbocycles. The number of carbonyl (C=O) groups is 5. The first-order chi connectivity index (χ1) is 22.8. The van der Waals surface area contributed by atoms with E-state index in [2.05, 4.69) is 16.0 Å². The van der Waals surface area contributed by atoms with Crippen LogP contribution in [0.5, 0.6) is 5.75 Å². The molecule has 7 atom stereocenters. The zero-order chi connectivity index (χ0) is 35.8. The highest BCUT2D eigenvalue weighted by atomic mass is 32.2. The standard InChI is InChI=1S/C35H49N5O8S/c1-33(2,3)28(38-32(46)39-35(12-7-6-8-13-35)17-49(47,48)19-11-9-10-18(41)14-19)31(45)40-16-22-24(34(22,4)5)26(40)30(44)37-25(27(42)29(36)43)23-20-15-21(20)23/h9-11,14,20-26,28,41H,6-8,12-13,15-17H2,1-5H3,(H2,36,43)(H,37,44)(H2,38,39,46)/t20?,21?,22-,23?,24?,25?,26+,28-/m1/s1. The number of amides is 5. The van der Waals surface area contributed by atoms with Gasteiger partial charge >= 0.3 is 6.03 Å². The van der Waals surface area contributed by atoms with Gasteiger partial charge in [-0.1, -0.05) is 59.9 Å². The number of sulfone groups is 1. The van der Waals surface area contributed by atoms with Gasteiger partial charge in [0.25, 0.3) is 5.91 Å². The number of Topliss-reactive ketones (excluding diaryl/α,β-unsaturated/α-hetero) is 1. The molecule has 1 aromatic rings. The molecule has 0 spiro atoms. The molecule has 0 bridgehead atoms. The van der Waals surface area contributed by atoms with Crippen LogP contribution in [0.1, 0.15) is 73.1 Å². The van der Waals surface area contributed by atoms with E-state index in [0.29, 0.717) is 44.1 Å². The van der Waals surface area contributed by atoms with Crippen LogP contribution in [0.2, 0.25) is 0 Å². The molecule has 4 saturated carbocycles. The van der Waals surface area contributed by atoms with E-state index >= 15 is 0 Å². The number of benzene rings is 1. The number of nitrogens with zero attached hydrogens (tertiary/aromatic N) is 1. The lowest BCUT2D eigenvalue weighted by Crippen LogP contribution is -2.64. The van der Waals surface area contributed by atoms with Gasteiger partial charge in [0.15, 0.2) is 9.84 Å². The van der Waals surface area contributed by atoms with Crippen LogP contribution in [-0.4, -0.2) is 83.9 Å². The summed E-state index contributed by atoms with van der Waals surface area (Å²) in [5.41, 5.74) is 3.22. The van der Waals surface area contributed by atoms with Crippen LogP contribution in [0.25, 0.3) is 0 Å². The molecular formula is C35H49N5O8S. The average Bonchev–Trinajstić information content (AvgIpc) is 3.94. The normalized spacial score (nSPS) is 30.1. The Balaban J connectivity index is 1.20. The smallest absolute Gasteiger partial charge is 0.315 e. The van der Waals surface area contributed by atoms with Crippen molar-refractivity contribution in [2.45, 2.75) is 102 Å². The molecule has 1 heterocycles. The third-order valence-electron chi connectivity index (χ3n) is 11.9. The fraction of sp³-hybridized carbons (Fsp3) is 0.686. The van der Waals surface area contributed by atoms with Gasteiger partial charge < -0.3 is 31.7 Å². The summed E-state index contributed by atoms with van der Waals surface area (Å²) in [7, 11) is -3.90. The number of fused-ring (bicyclic) bond motifs is 2. The number of ketones is 1. The number of primary amides is 1. The molecule has 14 heteroatoms. The number of rotatable bonds is 11. The second-order valence-electron chi connectivity index (χ2n) is 16.7. The van der Waals surface area contributed by atoms with Gasteiger partial charge in [-0.25, -0.2) is 13.2 Å². The second-order valence-corrected chi connectivity index (χ2v) is 18.7. The number of nitrogens with two attached hydrogens (primary N) is 1. The lowest BCUT2D eigenvalue weighted by molar-refractivity contribution is -0.145. The van der Waals surface area contributed by atoms with Crippen molar-refractivity contribution in [2.75, 3.05) is 12.3 Å². The topological polar surface area (TPSA) is 205 Å². The molecule has 5 amide bonds. The summed E-state index contributed by atoms with van der Waals surface area (Å²) in [5.74, 6) is -3.09. The third kappa shape index (κ3) is 6.64. The van der Waals surface area contributed by atoms with Gasteiger partial charge in [-0.15, -0.1) is 0 Å². The summed E-state index contributed by atoms with van der Waals surface area (Å²) in [6.07, 6.45) is 4.12. The summed E-state index contributed by atoms with van der Waals surface area (Å²) in [4.78, 5) is 68.2. The average molecular weight is 700 g/mol. The molecule has 0 aromatic heterocycles. The molecule has 49 heavy (non-hydrogen) atoms. The Kier molecular flexibility index (Phi) is 8.60. The molecule has 268 valence electrons. The fourth-order valence-corrected chi connectivity index (χ4v) is 10.6. The van der Waals surface area contributed by atoms with Crippen molar-refractivity contribution in [2.24, 2.45) is 46.2 Å². The zero-order valence-corrected chi connectivity index (χ0v) is 29.6. The first-order valence-corrected chi connectivity index (χ1v) is 19.0. The van der Waals surface area contributed by atoms with Crippen molar-refractivity contribution in [1.29, 1.82) is 0 Å². The van der Waals surface area contributed by atoms with E-state index in [-0.39, 0.29) is 39.6 Å². The van der Waals surface area contributed by atoms with E-state index in [1.54, 1.807) is 20.8 Å². The Morgan fingerprint density at radius 1 is 1.04 bits per heavy atom. The molecule has 1 aliphatic heterocycles. The number of nitrogens with one attached hydrogen (secondary N) is 3. The monoisotopic (exact) mass is 699 g/mol. The van der Waals surface area contributed by atoms with Crippen LogP contribution in [0.3, 0.4) is 0 Å². The predicted molar refractivity (Wildman–Crippen MR) is 178 cm³/mol. The summed E-state index contributed by atoms with van der Waals surface area (Å²) < 4.78 is 27.0. The van der Waals surface area contributed by atoms with E-state index in [4.69, 9.17) is 5.73 Å². The summed E-state index contributed by atoms with van der Waals surface area (Å²) >= 11 is 0. The minimum Gasteiger partial charge on any atom is -0.508 e. The molecule has 1 saturated heterocycles. The SMILES string of the molecule is CC(C)(C)[C@H](NC(=O)NC1(CS(=O)(=O)c2cccc(O)c2)CCCCC1)C(=O)N1C[C@@H]2C([C@H]1C(=O)NC(C(=O)C(N)=O)C1C3CC31)C2(C)C. The number of hydrogen-bond donors (Lipinski definition) is 5. The van der Waals surface area contributed by atoms with E-state index in [1.165, 1.54) is 29.2 Å². The molecule has 6 rings (SSSR count). The number of likely N-dealkylation sites (tertiary alicyclic amines) is 1. The largest absolute Gasteiger partial charge is 0.508 e. The van der Waals surface area contributed by atoms with Gasteiger partial charge in [0.05, 0.1) is 16.2 Å².